The summed E-state index contributed by atoms with van der Waals surface area (Å²) in [7, 11) is 1.61. The van der Waals surface area contributed by atoms with Gasteiger partial charge in [0.15, 0.2) is 0 Å². The number of H-pyrrole nitrogens is 1. The molecule has 0 aliphatic rings. The van der Waals surface area contributed by atoms with Gasteiger partial charge in [-0.1, -0.05) is 11.6 Å². The largest absolute Gasteiger partial charge is 0.497 e. The van der Waals surface area contributed by atoms with Crippen molar-refractivity contribution < 1.29 is 13.9 Å². The van der Waals surface area contributed by atoms with Crippen molar-refractivity contribution in [1.29, 1.82) is 0 Å². The zero-order chi connectivity index (χ0) is 15.7. The number of ether oxygens (including phenoxy) is 1. The molecule has 3 rings (SSSR count). The molecule has 22 heavy (non-hydrogen) atoms. The van der Waals surface area contributed by atoms with Crippen molar-refractivity contribution in [3.05, 3.63) is 52.8 Å². The third-order valence-electron chi connectivity index (χ3n) is 3.59. The van der Waals surface area contributed by atoms with E-state index in [1.807, 2.05) is 24.3 Å². The van der Waals surface area contributed by atoms with Crippen LogP contribution in [0.3, 0.4) is 0 Å². The molecule has 1 N–H and O–H groups in total. The van der Waals surface area contributed by atoms with E-state index >= 15 is 0 Å². The summed E-state index contributed by atoms with van der Waals surface area (Å²) >= 11 is 6.27. The number of aromatic amines is 1. The van der Waals surface area contributed by atoms with Crippen molar-refractivity contribution >= 4 is 28.8 Å². The molecular formula is C17H13ClFNO2. The van der Waals surface area contributed by atoms with Crippen molar-refractivity contribution in [2.45, 2.75) is 6.42 Å². The van der Waals surface area contributed by atoms with Crippen LogP contribution >= 0.6 is 11.6 Å². The van der Waals surface area contributed by atoms with Gasteiger partial charge >= 0.3 is 0 Å². The first kappa shape index (κ1) is 14.6. The normalized spacial score (nSPS) is 10.9. The highest BCUT2D eigenvalue weighted by Crippen LogP contribution is 2.34. The minimum atomic E-state index is -0.473. The van der Waals surface area contributed by atoms with Gasteiger partial charge in [-0.15, -0.1) is 0 Å². The molecule has 0 amide bonds. The molecule has 0 atom stereocenters. The number of carbonyl (C=O) groups excluding carboxylic acids is 1. The molecule has 0 saturated heterocycles. The smallest absolute Gasteiger partial charge is 0.128 e. The SMILES string of the molecule is COc1ccc2[nH]c(-c3ccc(F)c(CC=O)c3Cl)cc2c1. The Balaban J connectivity index is 2.14. The van der Waals surface area contributed by atoms with Crippen molar-refractivity contribution in [3.63, 3.8) is 0 Å². The molecule has 0 fully saturated rings. The van der Waals surface area contributed by atoms with Gasteiger partial charge in [-0.05, 0) is 36.4 Å². The summed E-state index contributed by atoms with van der Waals surface area (Å²) < 4.78 is 19.0. The first-order valence-electron chi connectivity index (χ1n) is 6.71. The number of aromatic nitrogens is 1. The van der Waals surface area contributed by atoms with E-state index in [2.05, 4.69) is 4.98 Å². The summed E-state index contributed by atoms with van der Waals surface area (Å²) in [5.74, 6) is 0.281. The summed E-state index contributed by atoms with van der Waals surface area (Å²) in [6.45, 7) is 0. The van der Waals surface area contributed by atoms with Gasteiger partial charge in [-0.3, -0.25) is 0 Å². The standard InChI is InChI=1S/C17H13ClFNO2/c1-22-11-2-5-15-10(8-11)9-16(20-15)13-3-4-14(19)12(6-7-21)17(13)18/h2-5,7-9,20H,6H2,1H3. The molecular weight excluding hydrogens is 305 g/mol. The van der Waals surface area contributed by atoms with E-state index in [0.717, 1.165) is 22.3 Å². The van der Waals surface area contributed by atoms with E-state index in [9.17, 15) is 9.18 Å². The first-order chi connectivity index (χ1) is 10.6. The van der Waals surface area contributed by atoms with E-state index in [0.29, 0.717) is 11.8 Å². The fourth-order valence-electron chi connectivity index (χ4n) is 2.46. The summed E-state index contributed by atoms with van der Waals surface area (Å²) in [6, 6.07) is 10.5. The maximum absolute atomic E-state index is 13.8. The van der Waals surface area contributed by atoms with Crippen LogP contribution in [-0.2, 0) is 11.2 Å². The van der Waals surface area contributed by atoms with Gasteiger partial charge in [0.25, 0.3) is 0 Å². The predicted molar refractivity (Wildman–Crippen MR) is 85.0 cm³/mol. The van der Waals surface area contributed by atoms with Crippen LogP contribution in [-0.4, -0.2) is 18.4 Å². The van der Waals surface area contributed by atoms with Crippen molar-refractivity contribution in [3.8, 4) is 17.0 Å². The monoisotopic (exact) mass is 317 g/mol. The average Bonchev–Trinajstić information content (AvgIpc) is 2.93. The van der Waals surface area contributed by atoms with Gasteiger partial charge in [0.05, 0.1) is 12.1 Å². The highest BCUT2D eigenvalue weighted by molar-refractivity contribution is 6.34. The molecule has 1 heterocycles. The minimum Gasteiger partial charge on any atom is -0.497 e. The summed E-state index contributed by atoms with van der Waals surface area (Å²) in [4.78, 5) is 13.9. The molecule has 0 aliphatic carbocycles. The van der Waals surface area contributed by atoms with Crippen molar-refractivity contribution in [1.82, 2.24) is 4.98 Å². The fourth-order valence-corrected chi connectivity index (χ4v) is 2.79. The number of nitrogens with one attached hydrogen (secondary N) is 1. The Labute approximate surface area is 131 Å². The lowest BCUT2D eigenvalue weighted by Crippen LogP contribution is -1.95. The summed E-state index contributed by atoms with van der Waals surface area (Å²) in [5.41, 5.74) is 2.56. The number of hydrogen-bond donors (Lipinski definition) is 1. The van der Waals surface area contributed by atoms with Gasteiger partial charge in [-0.25, -0.2) is 4.39 Å². The highest BCUT2D eigenvalue weighted by atomic mass is 35.5. The highest BCUT2D eigenvalue weighted by Gasteiger charge is 2.14. The second-order valence-electron chi connectivity index (χ2n) is 4.89. The molecule has 0 saturated carbocycles. The van der Waals surface area contributed by atoms with Crippen LogP contribution in [0.15, 0.2) is 36.4 Å². The zero-order valence-corrected chi connectivity index (χ0v) is 12.6. The third kappa shape index (κ3) is 2.46. The van der Waals surface area contributed by atoms with Gasteiger partial charge in [0, 0.05) is 34.1 Å². The number of aldehydes is 1. The number of methoxy groups -OCH3 is 1. The molecule has 0 bridgehead atoms. The molecule has 3 aromatic rings. The fraction of sp³-hybridized carbons (Fsp3) is 0.118. The number of benzene rings is 2. The molecule has 0 aliphatic heterocycles. The Bertz CT molecular complexity index is 857. The maximum Gasteiger partial charge on any atom is 0.128 e. The lowest BCUT2D eigenvalue weighted by Gasteiger charge is -2.07. The van der Waals surface area contributed by atoms with E-state index < -0.39 is 5.82 Å². The lowest BCUT2D eigenvalue weighted by molar-refractivity contribution is -0.107. The van der Waals surface area contributed by atoms with Crippen LogP contribution < -0.4 is 4.74 Å². The van der Waals surface area contributed by atoms with E-state index in [4.69, 9.17) is 16.3 Å². The number of fused-ring (bicyclic) bond motifs is 1. The Kier molecular flexibility index (Phi) is 3.86. The molecule has 2 aromatic carbocycles. The van der Waals surface area contributed by atoms with E-state index in [-0.39, 0.29) is 17.0 Å². The predicted octanol–water partition coefficient (Wildman–Crippen LogP) is 4.38. The minimum absolute atomic E-state index is 0.0490. The summed E-state index contributed by atoms with van der Waals surface area (Å²) in [6.07, 6.45) is 0.594. The van der Waals surface area contributed by atoms with Gasteiger partial charge in [-0.2, -0.15) is 0 Å². The number of hydrogen-bond acceptors (Lipinski definition) is 2. The van der Waals surface area contributed by atoms with Gasteiger partial charge in [0.1, 0.15) is 17.9 Å². The first-order valence-corrected chi connectivity index (χ1v) is 7.09. The van der Waals surface area contributed by atoms with Gasteiger partial charge < -0.3 is 14.5 Å². The molecule has 1 aromatic heterocycles. The van der Waals surface area contributed by atoms with Crippen LogP contribution in [0.1, 0.15) is 5.56 Å². The maximum atomic E-state index is 13.8. The van der Waals surface area contributed by atoms with Crippen LogP contribution in [0.5, 0.6) is 5.75 Å². The number of rotatable bonds is 4. The number of halogens is 2. The second-order valence-corrected chi connectivity index (χ2v) is 5.27. The Hall–Kier alpha value is -2.33. The molecule has 5 heteroatoms. The molecule has 0 spiro atoms. The second kappa shape index (κ2) is 5.81. The third-order valence-corrected chi connectivity index (χ3v) is 4.02. The van der Waals surface area contributed by atoms with Crippen LogP contribution in [0.4, 0.5) is 4.39 Å². The average molecular weight is 318 g/mol. The van der Waals surface area contributed by atoms with E-state index in [1.165, 1.54) is 6.07 Å². The van der Waals surface area contributed by atoms with Crippen LogP contribution in [0.25, 0.3) is 22.2 Å². The summed E-state index contributed by atoms with van der Waals surface area (Å²) in [5, 5.41) is 1.22. The van der Waals surface area contributed by atoms with E-state index in [1.54, 1.807) is 13.2 Å². The van der Waals surface area contributed by atoms with Crippen molar-refractivity contribution in [2.75, 3.05) is 7.11 Å². The lowest BCUT2D eigenvalue weighted by atomic mass is 10.1. The Morgan fingerprint density at radius 3 is 2.82 bits per heavy atom. The Morgan fingerprint density at radius 2 is 2.09 bits per heavy atom. The molecule has 112 valence electrons. The quantitative estimate of drug-likeness (QED) is 0.726. The molecule has 0 radical (unpaired) electrons. The molecule has 3 nitrogen and oxygen atoms in total. The molecule has 0 unspecified atom stereocenters. The van der Waals surface area contributed by atoms with Crippen molar-refractivity contribution in [2.24, 2.45) is 0 Å². The Morgan fingerprint density at radius 1 is 1.27 bits per heavy atom. The topological polar surface area (TPSA) is 42.1 Å². The van der Waals surface area contributed by atoms with Gasteiger partial charge in [0.2, 0.25) is 0 Å². The van der Waals surface area contributed by atoms with Crippen LogP contribution in [0.2, 0.25) is 5.02 Å². The zero-order valence-electron chi connectivity index (χ0n) is 11.8. The number of carbonyl (C=O) groups is 1. The van der Waals surface area contributed by atoms with Crippen LogP contribution in [0, 0.1) is 5.82 Å².